The summed E-state index contributed by atoms with van der Waals surface area (Å²) < 4.78 is 1.77. The van der Waals surface area contributed by atoms with Crippen LogP contribution in [0.25, 0.3) is 0 Å². The molecule has 0 aliphatic carbocycles. The average Bonchev–Trinajstić information content (AvgIpc) is 2.34. The second kappa shape index (κ2) is 3.09. The van der Waals surface area contributed by atoms with Crippen molar-refractivity contribution in [2.45, 2.75) is 0 Å². The predicted octanol–water partition coefficient (Wildman–Crippen LogP) is -0.615. The largest absolute Gasteiger partial charge is 0.329 e. The van der Waals surface area contributed by atoms with Gasteiger partial charge < -0.3 is 11.2 Å². The van der Waals surface area contributed by atoms with E-state index >= 15 is 0 Å². The van der Waals surface area contributed by atoms with E-state index in [4.69, 9.17) is 5.73 Å². The molecule has 9 heavy (non-hydrogen) atoms. The summed E-state index contributed by atoms with van der Waals surface area (Å²) in [5.74, 6) is 0. The fourth-order valence-electron chi connectivity index (χ4n) is 0.546. The lowest BCUT2D eigenvalue weighted by Crippen LogP contribution is -2.20. The number of aromatic nitrogens is 2. The Morgan fingerprint density at radius 1 is 1.67 bits per heavy atom. The van der Waals surface area contributed by atoms with Crippen LogP contribution in [0, 0.1) is 0 Å². The van der Waals surface area contributed by atoms with Crippen molar-refractivity contribution in [3.8, 4) is 0 Å². The molecule has 4 nitrogen and oxygen atoms in total. The second-order valence-corrected chi connectivity index (χ2v) is 1.67. The Hall–Kier alpha value is -1.03. The SMILES string of the molecule is NCCNn1ccnc1. The maximum atomic E-state index is 5.25. The first kappa shape index (κ1) is 6.10. The fraction of sp³-hybridized carbons (Fsp3) is 0.400. The standard InChI is InChI=1S/C5H10N4/c6-1-2-8-9-4-3-7-5-9/h3-5,8H,1-2,6H2. The number of rotatable bonds is 3. The van der Waals surface area contributed by atoms with Crippen molar-refractivity contribution in [2.75, 3.05) is 18.5 Å². The quantitative estimate of drug-likeness (QED) is 0.567. The molecule has 0 fully saturated rings. The van der Waals surface area contributed by atoms with Gasteiger partial charge in [-0.3, -0.25) is 4.68 Å². The van der Waals surface area contributed by atoms with E-state index in [9.17, 15) is 0 Å². The van der Waals surface area contributed by atoms with Gasteiger partial charge in [0, 0.05) is 25.5 Å². The molecule has 0 atom stereocenters. The Morgan fingerprint density at radius 3 is 3.11 bits per heavy atom. The first-order valence-corrected chi connectivity index (χ1v) is 2.85. The van der Waals surface area contributed by atoms with Gasteiger partial charge in [0.1, 0.15) is 6.33 Å². The molecule has 1 rings (SSSR count). The molecule has 0 aromatic carbocycles. The van der Waals surface area contributed by atoms with Crippen molar-refractivity contribution >= 4 is 0 Å². The number of nitrogens with one attached hydrogen (secondary N) is 1. The Balaban J connectivity index is 2.30. The van der Waals surface area contributed by atoms with Crippen molar-refractivity contribution in [3.05, 3.63) is 18.7 Å². The molecule has 0 saturated carbocycles. The van der Waals surface area contributed by atoms with Crippen molar-refractivity contribution in [1.29, 1.82) is 0 Å². The predicted molar refractivity (Wildman–Crippen MR) is 35.5 cm³/mol. The van der Waals surface area contributed by atoms with Gasteiger partial charge in [0.05, 0.1) is 0 Å². The van der Waals surface area contributed by atoms with Crippen LogP contribution in [0.2, 0.25) is 0 Å². The molecule has 0 unspecified atom stereocenters. The minimum Gasteiger partial charge on any atom is -0.329 e. The average molecular weight is 126 g/mol. The van der Waals surface area contributed by atoms with Gasteiger partial charge in [0.25, 0.3) is 0 Å². The zero-order valence-electron chi connectivity index (χ0n) is 5.12. The summed E-state index contributed by atoms with van der Waals surface area (Å²) >= 11 is 0. The van der Waals surface area contributed by atoms with Crippen LogP contribution >= 0.6 is 0 Å². The van der Waals surface area contributed by atoms with E-state index in [-0.39, 0.29) is 0 Å². The molecular formula is C5H10N4. The van der Waals surface area contributed by atoms with E-state index in [2.05, 4.69) is 10.4 Å². The molecular weight excluding hydrogens is 116 g/mol. The number of hydrogen-bond acceptors (Lipinski definition) is 3. The summed E-state index contributed by atoms with van der Waals surface area (Å²) in [5.41, 5.74) is 8.25. The van der Waals surface area contributed by atoms with Crippen LogP contribution in [0.5, 0.6) is 0 Å². The minimum atomic E-state index is 0.637. The summed E-state index contributed by atoms with van der Waals surface area (Å²) in [7, 11) is 0. The first-order valence-electron chi connectivity index (χ1n) is 2.85. The van der Waals surface area contributed by atoms with Gasteiger partial charge in [-0.15, -0.1) is 0 Å². The summed E-state index contributed by atoms with van der Waals surface area (Å²) in [6.07, 6.45) is 5.23. The van der Waals surface area contributed by atoms with Gasteiger partial charge in [0.2, 0.25) is 0 Å². The van der Waals surface area contributed by atoms with Crippen LogP contribution in [0.3, 0.4) is 0 Å². The molecule has 0 spiro atoms. The Bertz CT molecular complexity index is 146. The van der Waals surface area contributed by atoms with E-state index in [1.807, 2.05) is 6.20 Å². The monoisotopic (exact) mass is 126 g/mol. The molecule has 50 valence electrons. The van der Waals surface area contributed by atoms with Crippen molar-refractivity contribution < 1.29 is 0 Å². The normalized spacial score (nSPS) is 9.44. The van der Waals surface area contributed by atoms with Crippen LogP contribution in [-0.4, -0.2) is 22.7 Å². The highest BCUT2D eigenvalue weighted by molar-refractivity contribution is 4.79. The summed E-state index contributed by atoms with van der Waals surface area (Å²) in [4.78, 5) is 3.83. The van der Waals surface area contributed by atoms with E-state index in [0.717, 1.165) is 6.54 Å². The zero-order chi connectivity index (χ0) is 6.53. The molecule has 1 aromatic heterocycles. The van der Waals surface area contributed by atoms with Crippen LogP contribution in [0.4, 0.5) is 0 Å². The van der Waals surface area contributed by atoms with Gasteiger partial charge in [-0.1, -0.05) is 0 Å². The molecule has 0 radical (unpaired) electrons. The molecule has 0 bridgehead atoms. The number of nitrogens with zero attached hydrogens (tertiary/aromatic N) is 2. The highest BCUT2D eigenvalue weighted by Gasteiger charge is 1.82. The second-order valence-electron chi connectivity index (χ2n) is 1.67. The van der Waals surface area contributed by atoms with Crippen LogP contribution < -0.4 is 11.2 Å². The third kappa shape index (κ3) is 1.73. The lowest BCUT2D eigenvalue weighted by atomic mass is 10.7. The fourth-order valence-corrected chi connectivity index (χ4v) is 0.546. The van der Waals surface area contributed by atoms with Crippen LogP contribution in [-0.2, 0) is 0 Å². The summed E-state index contributed by atoms with van der Waals surface area (Å²) in [6.45, 7) is 1.41. The van der Waals surface area contributed by atoms with Gasteiger partial charge in [-0.25, -0.2) is 4.98 Å². The molecule has 0 aliphatic heterocycles. The van der Waals surface area contributed by atoms with E-state index < -0.39 is 0 Å². The first-order chi connectivity index (χ1) is 4.43. The third-order valence-electron chi connectivity index (χ3n) is 0.943. The van der Waals surface area contributed by atoms with Gasteiger partial charge in [-0.2, -0.15) is 0 Å². The van der Waals surface area contributed by atoms with Crippen LogP contribution in [0.15, 0.2) is 18.7 Å². The lowest BCUT2D eigenvalue weighted by Gasteiger charge is -2.02. The third-order valence-corrected chi connectivity index (χ3v) is 0.943. The van der Waals surface area contributed by atoms with Crippen molar-refractivity contribution in [1.82, 2.24) is 9.66 Å². The van der Waals surface area contributed by atoms with E-state index in [1.165, 1.54) is 0 Å². The topological polar surface area (TPSA) is 55.9 Å². The Labute approximate surface area is 53.7 Å². The maximum absolute atomic E-state index is 5.25. The highest BCUT2D eigenvalue weighted by Crippen LogP contribution is 1.76. The maximum Gasteiger partial charge on any atom is 0.114 e. The zero-order valence-corrected chi connectivity index (χ0v) is 5.12. The van der Waals surface area contributed by atoms with E-state index in [1.54, 1.807) is 17.2 Å². The highest BCUT2D eigenvalue weighted by atomic mass is 15.4. The molecule has 1 aromatic rings. The van der Waals surface area contributed by atoms with Gasteiger partial charge in [0.15, 0.2) is 0 Å². The number of imidazole rings is 1. The van der Waals surface area contributed by atoms with Crippen molar-refractivity contribution in [2.24, 2.45) is 5.73 Å². The Kier molecular flexibility index (Phi) is 2.09. The number of hydrogen-bond donors (Lipinski definition) is 2. The molecule has 0 saturated heterocycles. The van der Waals surface area contributed by atoms with Crippen molar-refractivity contribution in [3.63, 3.8) is 0 Å². The lowest BCUT2D eigenvalue weighted by molar-refractivity contribution is 0.827. The van der Waals surface area contributed by atoms with E-state index in [0.29, 0.717) is 6.54 Å². The Morgan fingerprint density at radius 2 is 2.56 bits per heavy atom. The molecule has 0 aliphatic rings. The molecule has 1 heterocycles. The molecule has 0 amide bonds. The molecule has 3 N–H and O–H groups in total. The summed E-state index contributed by atoms with van der Waals surface area (Å²) in [6, 6.07) is 0. The molecule has 4 heteroatoms. The summed E-state index contributed by atoms with van der Waals surface area (Å²) in [5, 5.41) is 0. The smallest absolute Gasteiger partial charge is 0.114 e. The number of nitrogens with two attached hydrogens (primary N) is 1. The van der Waals surface area contributed by atoms with Crippen LogP contribution in [0.1, 0.15) is 0 Å². The van der Waals surface area contributed by atoms with Gasteiger partial charge >= 0.3 is 0 Å². The minimum absolute atomic E-state index is 0.637. The van der Waals surface area contributed by atoms with Gasteiger partial charge in [-0.05, 0) is 0 Å².